The van der Waals surface area contributed by atoms with Gasteiger partial charge in [0.1, 0.15) is 18.0 Å². The third-order valence-electron chi connectivity index (χ3n) is 5.64. The number of rotatable bonds is 5. The Labute approximate surface area is 156 Å². The first-order valence-corrected chi connectivity index (χ1v) is 9.77. The molecule has 1 unspecified atom stereocenters. The molecule has 0 saturated carbocycles. The lowest BCUT2D eigenvalue weighted by Crippen LogP contribution is -2.47. The number of carbonyl (C=O) groups is 1. The van der Waals surface area contributed by atoms with Crippen molar-refractivity contribution in [1.82, 2.24) is 19.8 Å². The molecule has 1 aromatic rings. The zero-order chi connectivity index (χ0) is 18.5. The number of hydrogen-bond acceptors (Lipinski definition) is 6. The zero-order valence-corrected chi connectivity index (χ0v) is 16.3. The summed E-state index contributed by atoms with van der Waals surface area (Å²) < 4.78 is 0. The van der Waals surface area contributed by atoms with Crippen LogP contribution in [0.25, 0.3) is 0 Å². The maximum Gasteiger partial charge on any atom is 0.222 e. The van der Waals surface area contributed by atoms with Crippen LogP contribution in [0.5, 0.6) is 0 Å². The maximum absolute atomic E-state index is 12.1. The molecule has 7 nitrogen and oxygen atoms in total. The standard InChI is InChI=1S/C19H32N6O/c1-23(2)18-12-17(20-14-21-18)22-15-8-10-25(11-9-15)13-16-6-4-5-7-19(26)24(16)3/h12,14-16H,4-11,13H2,1-3H3,(H,20,21,22). The number of amides is 1. The minimum Gasteiger partial charge on any atom is -0.367 e. The molecule has 26 heavy (non-hydrogen) atoms. The minimum absolute atomic E-state index is 0.310. The molecule has 1 atom stereocenters. The Balaban J connectivity index is 1.48. The fourth-order valence-electron chi connectivity index (χ4n) is 3.88. The molecule has 0 bridgehead atoms. The molecule has 1 amide bonds. The fourth-order valence-corrected chi connectivity index (χ4v) is 3.88. The first-order chi connectivity index (χ1) is 12.5. The van der Waals surface area contributed by atoms with Gasteiger partial charge in [0.2, 0.25) is 5.91 Å². The molecule has 0 aliphatic carbocycles. The number of anilines is 2. The van der Waals surface area contributed by atoms with Crippen molar-refractivity contribution in [3.05, 3.63) is 12.4 Å². The zero-order valence-electron chi connectivity index (χ0n) is 16.3. The summed E-state index contributed by atoms with van der Waals surface area (Å²) in [5, 5.41) is 3.56. The molecule has 1 N–H and O–H groups in total. The molecule has 7 heteroatoms. The summed E-state index contributed by atoms with van der Waals surface area (Å²) in [6.45, 7) is 3.15. The van der Waals surface area contributed by atoms with Crippen molar-refractivity contribution in [3.8, 4) is 0 Å². The highest BCUT2D eigenvalue weighted by molar-refractivity contribution is 5.76. The van der Waals surface area contributed by atoms with E-state index in [0.717, 1.165) is 57.0 Å². The predicted octanol–water partition coefficient (Wildman–Crippen LogP) is 1.82. The first-order valence-electron chi connectivity index (χ1n) is 9.77. The van der Waals surface area contributed by atoms with E-state index in [1.54, 1.807) is 6.33 Å². The molecule has 2 aliphatic heterocycles. The topological polar surface area (TPSA) is 64.6 Å². The van der Waals surface area contributed by atoms with Crippen molar-refractivity contribution in [2.75, 3.05) is 51.0 Å². The average Bonchev–Trinajstić information content (AvgIpc) is 2.79. The van der Waals surface area contributed by atoms with Crippen molar-refractivity contribution in [3.63, 3.8) is 0 Å². The van der Waals surface area contributed by atoms with E-state index in [4.69, 9.17) is 0 Å². The fraction of sp³-hybridized carbons (Fsp3) is 0.737. The van der Waals surface area contributed by atoms with Gasteiger partial charge in [0, 0.05) is 65.3 Å². The van der Waals surface area contributed by atoms with E-state index in [0.29, 0.717) is 24.4 Å². The number of nitrogens with one attached hydrogen (secondary N) is 1. The summed E-state index contributed by atoms with van der Waals surface area (Å²) >= 11 is 0. The highest BCUT2D eigenvalue weighted by atomic mass is 16.2. The molecular formula is C19H32N6O. The Bertz CT molecular complexity index is 599. The largest absolute Gasteiger partial charge is 0.367 e. The minimum atomic E-state index is 0.310. The molecule has 1 aromatic heterocycles. The number of aromatic nitrogens is 2. The highest BCUT2D eigenvalue weighted by Gasteiger charge is 2.27. The lowest BCUT2D eigenvalue weighted by molar-refractivity contribution is -0.131. The van der Waals surface area contributed by atoms with Crippen LogP contribution in [0.1, 0.15) is 38.5 Å². The maximum atomic E-state index is 12.1. The Kier molecular flexibility index (Phi) is 6.29. The van der Waals surface area contributed by atoms with Gasteiger partial charge in [-0.25, -0.2) is 9.97 Å². The summed E-state index contributed by atoms with van der Waals surface area (Å²) in [5.41, 5.74) is 0. The monoisotopic (exact) mass is 360 g/mol. The smallest absolute Gasteiger partial charge is 0.222 e. The van der Waals surface area contributed by atoms with Gasteiger partial charge in [0.15, 0.2) is 0 Å². The number of likely N-dealkylation sites (tertiary alicyclic amines) is 2. The third kappa shape index (κ3) is 4.84. The summed E-state index contributed by atoms with van der Waals surface area (Å²) in [4.78, 5) is 27.2. The van der Waals surface area contributed by atoms with Crippen LogP contribution in [0, 0.1) is 0 Å². The van der Waals surface area contributed by atoms with Gasteiger partial charge in [0.05, 0.1) is 0 Å². The van der Waals surface area contributed by atoms with Gasteiger partial charge >= 0.3 is 0 Å². The summed E-state index contributed by atoms with van der Waals surface area (Å²) in [6.07, 6.45) is 7.88. The molecule has 0 radical (unpaired) electrons. The van der Waals surface area contributed by atoms with Crippen LogP contribution in [-0.2, 0) is 4.79 Å². The Hall–Kier alpha value is -1.89. The van der Waals surface area contributed by atoms with E-state index in [-0.39, 0.29) is 0 Å². The van der Waals surface area contributed by atoms with Crippen LogP contribution in [0.4, 0.5) is 11.6 Å². The number of carbonyl (C=O) groups excluding carboxylic acids is 1. The molecule has 3 rings (SSSR count). The third-order valence-corrected chi connectivity index (χ3v) is 5.64. The van der Waals surface area contributed by atoms with Gasteiger partial charge in [-0.15, -0.1) is 0 Å². The van der Waals surface area contributed by atoms with Gasteiger partial charge in [0.25, 0.3) is 0 Å². The van der Waals surface area contributed by atoms with Crippen molar-refractivity contribution >= 4 is 17.5 Å². The van der Waals surface area contributed by atoms with E-state index < -0.39 is 0 Å². The van der Waals surface area contributed by atoms with Crippen LogP contribution < -0.4 is 10.2 Å². The van der Waals surface area contributed by atoms with Crippen LogP contribution >= 0.6 is 0 Å². The summed E-state index contributed by atoms with van der Waals surface area (Å²) in [6, 6.07) is 2.82. The number of likely N-dealkylation sites (N-methyl/N-ethyl adjacent to an activating group) is 1. The van der Waals surface area contributed by atoms with E-state index in [1.807, 2.05) is 37.0 Å². The summed E-state index contributed by atoms with van der Waals surface area (Å²) in [5.74, 6) is 2.13. The average molecular weight is 361 g/mol. The number of hydrogen-bond donors (Lipinski definition) is 1. The van der Waals surface area contributed by atoms with Crippen molar-refractivity contribution < 1.29 is 4.79 Å². The highest BCUT2D eigenvalue weighted by Crippen LogP contribution is 2.21. The van der Waals surface area contributed by atoms with Crippen LogP contribution in [-0.4, -0.2) is 78.5 Å². The van der Waals surface area contributed by atoms with Gasteiger partial charge in [-0.1, -0.05) is 6.42 Å². The summed E-state index contributed by atoms with van der Waals surface area (Å²) in [7, 11) is 5.95. The second-order valence-corrected chi connectivity index (χ2v) is 7.78. The van der Waals surface area contributed by atoms with E-state index >= 15 is 0 Å². The lowest BCUT2D eigenvalue weighted by atomic mass is 10.0. The molecule has 0 aromatic carbocycles. The van der Waals surface area contributed by atoms with Gasteiger partial charge in [-0.3, -0.25) is 4.79 Å². The molecule has 3 heterocycles. The number of piperidine rings is 1. The second kappa shape index (κ2) is 8.66. The quantitative estimate of drug-likeness (QED) is 0.864. The Morgan fingerprint density at radius 2 is 1.96 bits per heavy atom. The van der Waals surface area contributed by atoms with Crippen LogP contribution in [0.2, 0.25) is 0 Å². The Morgan fingerprint density at radius 3 is 2.69 bits per heavy atom. The molecular weight excluding hydrogens is 328 g/mol. The first kappa shape index (κ1) is 18.9. The van der Waals surface area contributed by atoms with E-state index in [1.165, 1.54) is 6.42 Å². The van der Waals surface area contributed by atoms with Crippen molar-refractivity contribution in [1.29, 1.82) is 0 Å². The molecule has 2 fully saturated rings. The van der Waals surface area contributed by atoms with E-state index in [2.05, 4.69) is 20.2 Å². The second-order valence-electron chi connectivity index (χ2n) is 7.78. The predicted molar refractivity (Wildman–Crippen MR) is 104 cm³/mol. The number of nitrogens with zero attached hydrogens (tertiary/aromatic N) is 5. The van der Waals surface area contributed by atoms with Crippen molar-refractivity contribution in [2.24, 2.45) is 0 Å². The molecule has 2 aliphatic rings. The molecule has 2 saturated heterocycles. The molecule has 0 spiro atoms. The van der Waals surface area contributed by atoms with Gasteiger partial charge < -0.3 is 20.0 Å². The molecule has 144 valence electrons. The van der Waals surface area contributed by atoms with Gasteiger partial charge in [-0.2, -0.15) is 0 Å². The van der Waals surface area contributed by atoms with Crippen LogP contribution in [0.15, 0.2) is 12.4 Å². The normalized spacial score (nSPS) is 23.0. The van der Waals surface area contributed by atoms with Crippen molar-refractivity contribution in [2.45, 2.75) is 50.6 Å². The Morgan fingerprint density at radius 1 is 1.19 bits per heavy atom. The lowest BCUT2D eigenvalue weighted by Gasteiger charge is -2.37. The SMILES string of the molecule is CN(C)c1cc(NC2CCN(CC3CCCCC(=O)N3C)CC2)ncn1. The van der Waals surface area contributed by atoms with E-state index in [9.17, 15) is 4.79 Å². The van der Waals surface area contributed by atoms with Crippen LogP contribution in [0.3, 0.4) is 0 Å². The van der Waals surface area contributed by atoms with Gasteiger partial charge in [-0.05, 0) is 25.7 Å².